The minimum absolute atomic E-state index is 0.0433. The molecule has 1 aliphatic rings. The number of amides is 1. The molecule has 3 rings (SSSR count). The molecule has 1 aromatic heterocycles. The molecule has 0 atom stereocenters. The van der Waals surface area contributed by atoms with Crippen LogP contribution in [-0.4, -0.2) is 33.0 Å². The summed E-state index contributed by atoms with van der Waals surface area (Å²) in [5, 5.41) is 12.7. The summed E-state index contributed by atoms with van der Waals surface area (Å²) in [7, 11) is 0. The zero-order valence-electron chi connectivity index (χ0n) is 17.5. The first-order chi connectivity index (χ1) is 13.4. The van der Waals surface area contributed by atoms with E-state index in [4.69, 9.17) is 0 Å². The van der Waals surface area contributed by atoms with E-state index in [1.807, 2.05) is 6.92 Å². The van der Waals surface area contributed by atoms with Gasteiger partial charge in [0.15, 0.2) is 11.0 Å². The highest BCUT2D eigenvalue weighted by molar-refractivity contribution is 7.99. The van der Waals surface area contributed by atoms with Crippen LogP contribution in [0.25, 0.3) is 11.4 Å². The average molecular weight is 401 g/mol. The van der Waals surface area contributed by atoms with Crippen molar-refractivity contribution < 1.29 is 4.79 Å². The van der Waals surface area contributed by atoms with Crippen LogP contribution in [0.4, 0.5) is 0 Å². The number of benzene rings is 1. The van der Waals surface area contributed by atoms with Gasteiger partial charge in [0.25, 0.3) is 0 Å². The van der Waals surface area contributed by atoms with Crippen LogP contribution in [0, 0.1) is 0 Å². The smallest absolute Gasteiger partial charge is 0.230 e. The van der Waals surface area contributed by atoms with Crippen molar-refractivity contribution in [3.05, 3.63) is 29.8 Å². The maximum atomic E-state index is 11.9. The minimum Gasteiger partial charge on any atom is -0.356 e. The van der Waals surface area contributed by atoms with Crippen LogP contribution in [0.5, 0.6) is 0 Å². The van der Waals surface area contributed by atoms with Gasteiger partial charge in [-0.05, 0) is 30.7 Å². The first-order valence-corrected chi connectivity index (χ1v) is 11.3. The summed E-state index contributed by atoms with van der Waals surface area (Å²) >= 11 is 1.49. The van der Waals surface area contributed by atoms with Gasteiger partial charge in [0, 0.05) is 18.2 Å². The molecule has 28 heavy (non-hydrogen) atoms. The Kier molecular flexibility index (Phi) is 6.81. The summed E-state index contributed by atoms with van der Waals surface area (Å²) in [5.74, 6) is 1.34. The Morgan fingerprint density at radius 3 is 2.43 bits per heavy atom. The first kappa shape index (κ1) is 20.9. The highest BCUT2D eigenvalue weighted by Crippen LogP contribution is 2.36. The summed E-state index contributed by atoms with van der Waals surface area (Å²) in [4.78, 5) is 11.9. The summed E-state index contributed by atoms with van der Waals surface area (Å²) in [5.41, 5.74) is 2.53. The first-order valence-electron chi connectivity index (χ1n) is 10.4. The molecule has 5 nitrogen and oxygen atoms in total. The lowest BCUT2D eigenvalue weighted by Crippen LogP contribution is -2.24. The van der Waals surface area contributed by atoms with Gasteiger partial charge in [-0.3, -0.25) is 9.36 Å². The number of carbonyl (C=O) groups is 1. The monoisotopic (exact) mass is 400 g/mol. The van der Waals surface area contributed by atoms with E-state index in [9.17, 15) is 4.79 Å². The fourth-order valence-electron chi connectivity index (χ4n) is 3.74. The highest BCUT2D eigenvalue weighted by atomic mass is 32.2. The van der Waals surface area contributed by atoms with Gasteiger partial charge in [0.05, 0.1) is 5.75 Å². The molecule has 1 fully saturated rings. The third kappa shape index (κ3) is 4.96. The number of hydrogen-bond donors (Lipinski definition) is 1. The maximum Gasteiger partial charge on any atom is 0.230 e. The highest BCUT2D eigenvalue weighted by Gasteiger charge is 2.24. The van der Waals surface area contributed by atoms with Crippen LogP contribution in [0.1, 0.15) is 71.4 Å². The number of rotatable bonds is 6. The molecule has 1 heterocycles. The molecule has 6 heteroatoms. The normalized spacial score (nSPS) is 15.6. The predicted octanol–water partition coefficient (Wildman–Crippen LogP) is 4.98. The second-order valence-corrected chi connectivity index (χ2v) is 9.48. The van der Waals surface area contributed by atoms with Crippen LogP contribution in [0.3, 0.4) is 0 Å². The van der Waals surface area contributed by atoms with Crippen molar-refractivity contribution in [2.75, 3.05) is 12.3 Å². The summed E-state index contributed by atoms with van der Waals surface area (Å²) < 4.78 is 2.29. The second kappa shape index (κ2) is 9.12. The topological polar surface area (TPSA) is 59.8 Å². The van der Waals surface area contributed by atoms with E-state index in [1.54, 1.807) is 0 Å². The fraction of sp³-hybridized carbons (Fsp3) is 0.591. The molecule has 1 N–H and O–H groups in total. The van der Waals surface area contributed by atoms with Crippen LogP contribution < -0.4 is 5.32 Å². The van der Waals surface area contributed by atoms with Crippen molar-refractivity contribution in [1.29, 1.82) is 0 Å². The summed E-state index contributed by atoms with van der Waals surface area (Å²) in [6.45, 7) is 9.26. The van der Waals surface area contributed by atoms with Crippen LogP contribution in [0.15, 0.2) is 29.4 Å². The molecule has 0 radical (unpaired) electrons. The molecule has 2 aromatic rings. The number of aromatic nitrogens is 3. The SMILES string of the molecule is CCNC(=O)CSc1nnc(-c2ccc(C(C)(C)C)cc2)n1C1CCCCC1. The van der Waals surface area contributed by atoms with Crippen molar-refractivity contribution >= 4 is 17.7 Å². The van der Waals surface area contributed by atoms with E-state index >= 15 is 0 Å². The van der Waals surface area contributed by atoms with Gasteiger partial charge in [0.2, 0.25) is 5.91 Å². The maximum absolute atomic E-state index is 11.9. The number of nitrogens with one attached hydrogen (secondary N) is 1. The van der Waals surface area contributed by atoms with Gasteiger partial charge in [-0.25, -0.2) is 0 Å². The molecular formula is C22H32N4OS. The number of nitrogens with zero attached hydrogens (tertiary/aromatic N) is 3. The molecule has 0 bridgehead atoms. The summed E-state index contributed by atoms with van der Waals surface area (Å²) in [6, 6.07) is 9.11. The third-order valence-electron chi connectivity index (χ3n) is 5.32. The molecule has 1 saturated carbocycles. The lowest BCUT2D eigenvalue weighted by molar-refractivity contribution is -0.118. The molecule has 1 aliphatic carbocycles. The second-order valence-electron chi connectivity index (χ2n) is 8.54. The Labute approximate surface area is 172 Å². The van der Waals surface area contributed by atoms with Crippen molar-refractivity contribution in [3.63, 3.8) is 0 Å². The average Bonchev–Trinajstić information content (AvgIpc) is 3.11. The zero-order valence-corrected chi connectivity index (χ0v) is 18.3. The van der Waals surface area contributed by atoms with Crippen molar-refractivity contribution in [3.8, 4) is 11.4 Å². The molecule has 0 aliphatic heterocycles. The van der Waals surface area contributed by atoms with Crippen LogP contribution >= 0.6 is 11.8 Å². The van der Waals surface area contributed by atoms with Crippen molar-refractivity contribution in [2.24, 2.45) is 0 Å². The Hall–Kier alpha value is -1.82. The van der Waals surface area contributed by atoms with Crippen LogP contribution in [-0.2, 0) is 10.2 Å². The Morgan fingerprint density at radius 1 is 1.14 bits per heavy atom. The van der Waals surface area contributed by atoms with E-state index in [1.165, 1.54) is 36.6 Å². The zero-order chi connectivity index (χ0) is 20.1. The molecule has 0 unspecified atom stereocenters. The van der Waals surface area contributed by atoms with Gasteiger partial charge in [-0.15, -0.1) is 10.2 Å². The molecule has 1 amide bonds. The van der Waals surface area contributed by atoms with Gasteiger partial charge in [0.1, 0.15) is 0 Å². The van der Waals surface area contributed by atoms with Gasteiger partial charge >= 0.3 is 0 Å². The lowest BCUT2D eigenvalue weighted by Gasteiger charge is -2.26. The van der Waals surface area contributed by atoms with E-state index in [0.717, 1.165) is 29.4 Å². The van der Waals surface area contributed by atoms with E-state index in [0.29, 0.717) is 18.3 Å². The molecule has 0 spiro atoms. The number of hydrogen-bond acceptors (Lipinski definition) is 4. The largest absolute Gasteiger partial charge is 0.356 e. The molecular weight excluding hydrogens is 368 g/mol. The molecule has 152 valence electrons. The van der Waals surface area contributed by atoms with Crippen molar-refractivity contribution in [1.82, 2.24) is 20.1 Å². The number of thioether (sulfide) groups is 1. The Bertz CT molecular complexity index is 786. The van der Waals surface area contributed by atoms with E-state index in [-0.39, 0.29) is 11.3 Å². The standard InChI is InChI=1S/C22H32N4OS/c1-5-23-19(27)15-28-21-25-24-20(26(21)18-9-7-6-8-10-18)16-11-13-17(14-12-16)22(2,3)4/h11-14,18H,5-10,15H2,1-4H3,(H,23,27). The van der Waals surface area contributed by atoms with Gasteiger partial charge < -0.3 is 5.32 Å². The van der Waals surface area contributed by atoms with Crippen molar-refractivity contribution in [2.45, 2.75) is 76.4 Å². The van der Waals surface area contributed by atoms with Gasteiger partial charge in [-0.2, -0.15) is 0 Å². The molecule has 1 aromatic carbocycles. The quantitative estimate of drug-likeness (QED) is 0.695. The van der Waals surface area contributed by atoms with E-state index < -0.39 is 0 Å². The third-order valence-corrected chi connectivity index (χ3v) is 6.26. The van der Waals surface area contributed by atoms with Crippen LogP contribution in [0.2, 0.25) is 0 Å². The Balaban J connectivity index is 1.90. The van der Waals surface area contributed by atoms with E-state index in [2.05, 4.69) is 65.1 Å². The fourth-order valence-corrected chi connectivity index (χ4v) is 4.57. The summed E-state index contributed by atoms with van der Waals surface area (Å²) in [6.07, 6.45) is 6.09. The molecule has 0 saturated heterocycles. The predicted molar refractivity (Wildman–Crippen MR) is 116 cm³/mol. The Morgan fingerprint density at radius 2 is 1.82 bits per heavy atom. The number of carbonyl (C=O) groups excluding carboxylic acids is 1. The lowest BCUT2D eigenvalue weighted by atomic mass is 9.86. The minimum atomic E-state index is 0.0433. The van der Waals surface area contributed by atoms with Gasteiger partial charge in [-0.1, -0.05) is 76.1 Å².